The van der Waals surface area contributed by atoms with E-state index >= 15 is 0 Å². The third-order valence-electron chi connectivity index (χ3n) is 4.75. The van der Waals surface area contributed by atoms with E-state index < -0.39 is 0 Å². The summed E-state index contributed by atoms with van der Waals surface area (Å²) in [6.45, 7) is 4.00. The molecular formula is C17H25N3S. The summed E-state index contributed by atoms with van der Waals surface area (Å²) in [7, 11) is 0. The van der Waals surface area contributed by atoms with E-state index in [4.69, 9.17) is 12.2 Å². The number of benzene rings is 1. The number of aryl methyl sites for hydroxylation is 1. The molecule has 4 heteroatoms. The Bertz CT molecular complexity index is 479. The van der Waals surface area contributed by atoms with E-state index in [2.05, 4.69) is 46.3 Å². The lowest BCUT2D eigenvalue weighted by Crippen LogP contribution is -2.59. The molecule has 1 aromatic carbocycles. The molecule has 0 aromatic heterocycles. The number of nitrogens with one attached hydrogen (secondary N) is 1. The van der Waals surface area contributed by atoms with Crippen LogP contribution in [0, 0.1) is 0 Å². The molecule has 21 heavy (non-hydrogen) atoms. The lowest BCUT2D eigenvalue weighted by atomic mass is 9.94. The van der Waals surface area contributed by atoms with Gasteiger partial charge in [-0.25, -0.2) is 0 Å². The van der Waals surface area contributed by atoms with Gasteiger partial charge in [-0.2, -0.15) is 0 Å². The first-order valence-electron chi connectivity index (χ1n) is 8.16. The molecule has 1 aromatic rings. The van der Waals surface area contributed by atoms with Crippen LogP contribution in [-0.2, 0) is 6.42 Å². The quantitative estimate of drug-likeness (QED) is 0.861. The summed E-state index contributed by atoms with van der Waals surface area (Å²) in [5.41, 5.74) is 2.57. The normalized spacial score (nSPS) is 21.4. The van der Waals surface area contributed by atoms with Crippen LogP contribution in [0.4, 0.5) is 5.69 Å². The fraction of sp³-hybridized carbons (Fsp3) is 0.588. The molecule has 0 bridgehead atoms. The maximum absolute atomic E-state index is 5.51. The predicted octanol–water partition coefficient (Wildman–Crippen LogP) is 3.49. The molecule has 114 valence electrons. The standard InChI is InChI=1S/C17H25N3S/c1-2-14-8-10-16(11-9-14)20-13-19(12-18-17(20)21)15-6-4-3-5-7-15/h8-11,15H,2-7,12-13H2,1H3,(H,18,21). The molecule has 3 nitrogen and oxygen atoms in total. The van der Waals surface area contributed by atoms with Crippen LogP contribution in [0.3, 0.4) is 0 Å². The number of hydrogen-bond donors (Lipinski definition) is 1. The van der Waals surface area contributed by atoms with E-state index in [1.807, 2.05) is 0 Å². The minimum absolute atomic E-state index is 0.715. The van der Waals surface area contributed by atoms with Crippen molar-refractivity contribution in [3.05, 3.63) is 29.8 Å². The minimum Gasteiger partial charge on any atom is -0.349 e. The molecule has 1 N–H and O–H groups in total. The van der Waals surface area contributed by atoms with Gasteiger partial charge >= 0.3 is 0 Å². The predicted molar refractivity (Wildman–Crippen MR) is 92.5 cm³/mol. The van der Waals surface area contributed by atoms with Gasteiger partial charge in [0.15, 0.2) is 5.11 Å². The monoisotopic (exact) mass is 303 g/mol. The van der Waals surface area contributed by atoms with Crippen LogP contribution in [0.25, 0.3) is 0 Å². The molecular weight excluding hydrogens is 278 g/mol. The van der Waals surface area contributed by atoms with Gasteiger partial charge < -0.3 is 10.2 Å². The Balaban J connectivity index is 1.71. The van der Waals surface area contributed by atoms with Crippen molar-refractivity contribution in [2.45, 2.75) is 51.5 Å². The number of hydrogen-bond acceptors (Lipinski definition) is 2. The fourth-order valence-corrected chi connectivity index (χ4v) is 3.59. The Morgan fingerprint density at radius 3 is 2.52 bits per heavy atom. The van der Waals surface area contributed by atoms with Gasteiger partial charge in [0.05, 0.1) is 13.3 Å². The number of anilines is 1. The Hall–Kier alpha value is -1.13. The van der Waals surface area contributed by atoms with E-state index in [0.717, 1.165) is 24.9 Å². The average Bonchev–Trinajstić information content (AvgIpc) is 2.56. The Labute approximate surface area is 133 Å². The minimum atomic E-state index is 0.715. The largest absolute Gasteiger partial charge is 0.349 e. The van der Waals surface area contributed by atoms with Crippen LogP contribution in [0.5, 0.6) is 0 Å². The summed E-state index contributed by atoms with van der Waals surface area (Å²) in [6.07, 6.45) is 7.89. The molecule has 1 saturated heterocycles. The van der Waals surface area contributed by atoms with E-state index in [-0.39, 0.29) is 0 Å². The average molecular weight is 303 g/mol. The molecule has 0 unspecified atom stereocenters. The summed E-state index contributed by atoms with van der Waals surface area (Å²) in [4.78, 5) is 4.77. The lowest BCUT2D eigenvalue weighted by molar-refractivity contribution is 0.148. The van der Waals surface area contributed by atoms with Gasteiger partial charge in [-0.05, 0) is 49.2 Å². The summed E-state index contributed by atoms with van der Waals surface area (Å²) < 4.78 is 0. The molecule has 0 amide bonds. The molecule has 2 aliphatic rings. The van der Waals surface area contributed by atoms with Crippen molar-refractivity contribution in [2.24, 2.45) is 0 Å². The van der Waals surface area contributed by atoms with Gasteiger partial charge in [-0.15, -0.1) is 0 Å². The number of rotatable bonds is 3. The highest BCUT2D eigenvalue weighted by Crippen LogP contribution is 2.25. The molecule has 1 aliphatic heterocycles. The van der Waals surface area contributed by atoms with Crippen LogP contribution in [0.15, 0.2) is 24.3 Å². The van der Waals surface area contributed by atoms with Crippen molar-refractivity contribution < 1.29 is 0 Å². The van der Waals surface area contributed by atoms with Crippen molar-refractivity contribution in [2.75, 3.05) is 18.2 Å². The third-order valence-corrected chi connectivity index (χ3v) is 5.11. The van der Waals surface area contributed by atoms with Crippen LogP contribution < -0.4 is 10.2 Å². The van der Waals surface area contributed by atoms with Crippen LogP contribution in [0.1, 0.15) is 44.6 Å². The maximum Gasteiger partial charge on any atom is 0.175 e. The SMILES string of the molecule is CCc1ccc(N2CN(C3CCCCC3)CNC2=S)cc1. The summed E-state index contributed by atoms with van der Waals surface area (Å²) in [5, 5.41) is 4.24. The van der Waals surface area contributed by atoms with Crippen LogP contribution in [-0.4, -0.2) is 29.4 Å². The van der Waals surface area contributed by atoms with Gasteiger partial charge in [0.2, 0.25) is 0 Å². The molecule has 1 heterocycles. The van der Waals surface area contributed by atoms with Crippen molar-refractivity contribution in [1.29, 1.82) is 0 Å². The van der Waals surface area contributed by atoms with E-state index in [1.165, 1.54) is 43.4 Å². The van der Waals surface area contributed by atoms with Crippen molar-refractivity contribution in [1.82, 2.24) is 10.2 Å². The van der Waals surface area contributed by atoms with E-state index in [0.29, 0.717) is 6.04 Å². The first-order chi connectivity index (χ1) is 10.3. The third kappa shape index (κ3) is 3.38. The zero-order chi connectivity index (χ0) is 14.7. The van der Waals surface area contributed by atoms with Crippen LogP contribution >= 0.6 is 12.2 Å². The second kappa shape index (κ2) is 6.75. The molecule has 0 atom stereocenters. The van der Waals surface area contributed by atoms with E-state index in [9.17, 15) is 0 Å². The highest BCUT2D eigenvalue weighted by Gasteiger charge is 2.28. The molecule has 0 radical (unpaired) electrons. The second-order valence-electron chi connectivity index (χ2n) is 6.11. The molecule has 3 rings (SSSR count). The highest BCUT2D eigenvalue weighted by molar-refractivity contribution is 7.80. The zero-order valence-corrected chi connectivity index (χ0v) is 13.7. The Kier molecular flexibility index (Phi) is 4.76. The topological polar surface area (TPSA) is 18.5 Å². The maximum atomic E-state index is 5.51. The van der Waals surface area contributed by atoms with Crippen LogP contribution in [0.2, 0.25) is 0 Å². The molecule has 1 saturated carbocycles. The fourth-order valence-electron chi connectivity index (χ4n) is 3.36. The summed E-state index contributed by atoms with van der Waals surface area (Å²) in [5.74, 6) is 0. The lowest BCUT2D eigenvalue weighted by Gasteiger charge is -2.43. The van der Waals surface area contributed by atoms with Crippen molar-refractivity contribution >= 4 is 23.0 Å². The molecule has 2 fully saturated rings. The van der Waals surface area contributed by atoms with Gasteiger partial charge in [0.25, 0.3) is 0 Å². The summed E-state index contributed by atoms with van der Waals surface area (Å²) in [6, 6.07) is 9.51. The van der Waals surface area contributed by atoms with Crippen molar-refractivity contribution in [3.8, 4) is 0 Å². The number of thiocarbonyl (C=S) groups is 1. The first kappa shape index (κ1) is 14.8. The highest BCUT2D eigenvalue weighted by atomic mass is 32.1. The van der Waals surface area contributed by atoms with Gasteiger partial charge in [-0.3, -0.25) is 4.90 Å². The molecule has 1 aliphatic carbocycles. The summed E-state index contributed by atoms with van der Waals surface area (Å²) >= 11 is 5.51. The molecule has 0 spiro atoms. The first-order valence-corrected chi connectivity index (χ1v) is 8.57. The smallest absolute Gasteiger partial charge is 0.175 e. The van der Waals surface area contributed by atoms with E-state index in [1.54, 1.807) is 0 Å². The second-order valence-corrected chi connectivity index (χ2v) is 6.50. The van der Waals surface area contributed by atoms with Crippen molar-refractivity contribution in [3.63, 3.8) is 0 Å². The Morgan fingerprint density at radius 1 is 1.14 bits per heavy atom. The van der Waals surface area contributed by atoms with Gasteiger partial charge in [0.1, 0.15) is 0 Å². The zero-order valence-electron chi connectivity index (χ0n) is 12.8. The van der Waals surface area contributed by atoms with Gasteiger partial charge in [-0.1, -0.05) is 38.3 Å². The van der Waals surface area contributed by atoms with Gasteiger partial charge in [0, 0.05) is 11.7 Å². The number of nitrogens with zero attached hydrogens (tertiary/aromatic N) is 2. The Morgan fingerprint density at radius 2 is 1.86 bits per heavy atom.